The summed E-state index contributed by atoms with van der Waals surface area (Å²) in [5.74, 6) is -0.592. The molecule has 0 atom stereocenters. The number of hydrogen-bond donors (Lipinski definition) is 1. The molecule has 0 bridgehead atoms. The molecule has 0 amide bonds. The number of benzene rings is 1. The summed E-state index contributed by atoms with van der Waals surface area (Å²) in [4.78, 5) is 21.5. The third-order valence-corrected chi connectivity index (χ3v) is 1.57. The summed E-state index contributed by atoms with van der Waals surface area (Å²) in [5.41, 5.74) is 0.370. The van der Waals surface area contributed by atoms with Gasteiger partial charge in [0.15, 0.2) is 0 Å². The molecule has 5 heteroatoms. The summed E-state index contributed by atoms with van der Waals surface area (Å²) < 4.78 is 9.64. The fraction of sp³-hybridized carbons (Fsp3) is 0.182. The Labute approximate surface area is 92.6 Å². The van der Waals surface area contributed by atoms with Gasteiger partial charge in [0.25, 0.3) is 0 Å². The number of aliphatic hydroxyl groups excluding tert-OH is 1. The minimum atomic E-state index is -0.496. The molecular weight excluding hydrogens is 212 g/mol. The van der Waals surface area contributed by atoms with Crippen LogP contribution >= 0.6 is 0 Å². The lowest BCUT2D eigenvalue weighted by Gasteiger charge is -2.07. The van der Waals surface area contributed by atoms with Crippen LogP contribution in [0.15, 0.2) is 18.2 Å². The van der Waals surface area contributed by atoms with E-state index in [9.17, 15) is 9.59 Å². The van der Waals surface area contributed by atoms with E-state index in [1.807, 2.05) is 0 Å². The molecule has 1 aromatic carbocycles. The molecule has 16 heavy (non-hydrogen) atoms. The van der Waals surface area contributed by atoms with E-state index in [2.05, 4.69) is 0 Å². The molecule has 85 valence electrons. The lowest BCUT2D eigenvalue weighted by molar-refractivity contribution is -0.132. The van der Waals surface area contributed by atoms with Crippen LogP contribution in [0.5, 0.6) is 11.5 Å². The number of aliphatic hydroxyl groups is 1. The second-order valence-corrected chi connectivity index (χ2v) is 3.05. The van der Waals surface area contributed by atoms with Crippen molar-refractivity contribution >= 4 is 11.9 Å². The highest BCUT2D eigenvalue weighted by Crippen LogP contribution is 2.23. The van der Waals surface area contributed by atoms with E-state index in [0.717, 1.165) is 6.61 Å². The zero-order valence-electron chi connectivity index (χ0n) is 8.89. The maximum absolute atomic E-state index is 10.7. The summed E-state index contributed by atoms with van der Waals surface area (Å²) >= 11 is 0. The zero-order chi connectivity index (χ0) is 12.1. The Morgan fingerprint density at radius 2 is 1.50 bits per heavy atom. The molecular formula is C11H11O5. The van der Waals surface area contributed by atoms with Crippen LogP contribution in [0.3, 0.4) is 0 Å². The maximum atomic E-state index is 10.7. The Hall–Kier alpha value is -1.88. The van der Waals surface area contributed by atoms with Gasteiger partial charge in [-0.3, -0.25) is 9.59 Å². The number of esters is 2. The van der Waals surface area contributed by atoms with Crippen LogP contribution in [0.4, 0.5) is 0 Å². The van der Waals surface area contributed by atoms with Gasteiger partial charge in [-0.25, -0.2) is 0 Å². The van der Waals surface area contributed by atoms with Crippen molar-refractivity contribution in [3.05, 3.63) is 30.4 Å². The summed E-state index contributed by atoms with van der Waals surface area (Å²) in [6.07, 6.45) is 0. The summed E-state index contributed by atoms with van der Waals surface area (Å²) in [6, 6.07) is 4.26. The topological polar surface area (TPSA) is 72.8 Å². The molecule has 0 unspecified atom stereocenters. The zero-order valence-corrected chi connectivity index (χ0v) is 8.89. The molecule has 0 aromatic heterocycles. The second-order valence-electron chi connectivity index (χ2n) is 3.05. The number of hydrogen-bond acceptors (Lipinski definition) is 5. The lowest BCUT2D eigenvalue weighted by atomic mass is 10.2. The molecule has 0 spiro atoms. The Morgan fingerprint density at radius 3 is 1.81 bits per heavy atom. The van der Waals surface area contributed by atoms with Crippen LogP contribution in [0, 0.1) is 6.61 Å². The first-order chi connectivity index (χ1) is 7.51. The highest BCUT2D eigenvalue weighted by molar-refractivity contribution is 5.71. The van der Waals surface area contributed by atoms with Crippen molar-refractivity contribution in [3.8, 4) is 11.5 Å². The average molecular weight is 223 g/mol. The molecule has 0 fully saturated rings. The third-order valence-electron chi connectivity index (χ3n) is 1.57. The first kappa shape index (κ1) is 12.2. The molecule has 0 saturated carbocycles. The van der Waals surface area contributed by atoms with E-state index in [-0.39, 0.29) is 11.5 Å². The summed E-state index contributed by atoms with van der Waals surface area (Å²) in [5, 5.41) is 8.85. The highest BCUT2D eigenvalue weighted by atomic mass is 16.5. The molecule has 0 aliphatic rings. The molecule has 1 N–H and O–H groups in total. The first-order valence-electron chi connectivity index (χ1n) is 4.50. The van der Waals surface area contributed by atoms with Gasteiger partial charge in [-0.1, -0.05) is 0 Å². The van der Waals surface area contributed by atoms with Crippen LogP contribution in [-0.4, -0.2) is 17.0 Å². The molecule has 0 saturated heterocycles. The van der Waals surface area contributed by atoms with Crippen LogP contribution in [0.1, 0.15) is 19.4 Å². The van der Waals surface area contributed by atoms with Crippen LogP contribution in [0.25, 0.3) is 0 Å². The number of ether oxygens (including phenoxy) is 2. The predicted molar refractivity (Wildman–Crippen MR) is 54.4 cm³/mol. The monoisotopic (exact) mass is 223 g/mol. The van der Waals surface area contributed by atoms with Crippen molar-refractivity contribution in [1.29, 1.82) is 0 Å². The molecule has 0 aliphatic carbocycles. The molecule has 5 nitrogen and oxygen atoms in total. The van der Waals surface area contributed by atoms with E-state index in [0.29, 0.717) is 5.56 Å². The van der Waals surface area contributed by atoms with Crippen molar-refractivity contribution in [2.75, 3.05) is 0 Å². The minimum Gasteiger partial charge on any atom is -0.427 e. The Balaban J connectivity index is 3.00. The Kier molecular flexibility index (Phi) is 4.02. The number of rotatable bonds is 3. The van der Waals surface area contributed by atoms with Crippen molar-refractivity contribution in [1.82, 2.24) is 0 Å². The summed E-state index contributed by atoms with van der Waals surface area (Å²) in [6.45, 7) is 3.32. The van der Waals surface area contributed by atoms with Gasteiger partial charge < -0.3 is 14.6 Å². The number of carbonyl (C=O) groups is 2. The smallest absolute Gasteiger partial charge is 0.308 e. The average Bonchev–Trinajstić information content (AvgIpc) is 2.14. The first-order valence-corrected chi connectivity index (χ1v) is 4.50. The molecule has 1 aromatic rings. The quantitative estimate of drug-likeness (QED) is 0.619. The fourth-order valence-corrected chi connectivity index (χ4v) is 1.12. The van der Waals surface area contributed by atoms with E-state index < -0.39 is 11.9 Å². The maximum Gasteiger partial charge on any atom is 0.308 e. The van der Waals surface area contributed by atoms with Crippen LogP contribution in [-0.2, 0) is 9.59 Å². The minimum absolute atomic E-state index is 0.201. The lowest BCUT2D eigenvalue weighted by Crippen LogP contribution is -2.05. The van der Waals surface area contributed by atoms with Gasteiger partial charge in [0.1, 0.15) is 18.1 Å². The highest BCUT2D eigenvalue weighted by Gasteiger charge is 2.06. The molecule has 0 heterocycles. The van der Waals surface area contributed by atoms with Crippen LogP contribution < -0.4 is 9.47 Å². The van der Waals surface area contributed by atoms with Gasteiger partial charge in [-0.2, -0.15) is 0 Å². The SMILES string of the molecule is CC(=O)Oc1cc([CH]O)cc(OC(C)=O)c1. The predicted octanol–water partition coefficient (Wildman–Crippen LogP) is 1.42. The van der Waals surface area contributed by atoms with Crippen LogP contribution in [0.2, 0.25) is 0 Å². The molecule has 0 aliphatic heterocycles. The number of carbonyl (C=O) groups excluding carboxylic acids is 2. The Bertz CT molecular complexity index is 377. The van der Waals surface area contributed by atoms with Gasteiger partial charge in [0.05, 0.1) is 0 Å². The van der Waals surface area contributed by atoms with Gasteiger partial charge in [0.2, 0.25) is 0 Å². The van der Waals surface area contributed by atoms with Crippen molar-refractivity contribution in [2.24, 2.45) is 0 Å². The van der Waals surface area contributed by atoms with E-state index in [1.54, 1.807) is 0 Å². The Morgan fingerprint density at radius 1 is 1.06 bits per heavy atom. The van der Waals surface area contributed by atoms with E-state index in [4.69, 9.17) is 14.6 Å². The van der Waals surface area contributed by atoms with Crippen molar-refractivity contribution in [3.63, 3.8) is 0 Å². The van der Waals surface area contributed by atoms with Crippen molar-refractivity contribution in [2.45, 2.75) is 13.8 Å². The second kappa shape index (κ2) is 5.27. The van der Waals surface area contributed by atoms with Gasteiger partial charge in [-0.15, -0.1) is 0 Å². The van der Waals surface area contributed by atoms with Crippen molar-refractivity contribution < 1.29 is 24.2 Å². The van der Waals surface area contributed by atoms with Gasteiger partial charge in [-0.05, 0) is 17.7 Å². The van der Waals surface area contributed by atoms with E-state index in [1.165, 1.54) is 32.0 Å². The largest absolute Gasteiger partial charge is 0.427 e. The third kappa shape index (κ3) is 3.70. The normalized spacial score (nSPS) is 9.69. The standard InChI is InChI=1S/C11H11O5/c1-7(13)15-10-3-9(6-12)4-11(5-10)16-8(2)14/h3-6,12H,1-2H3. The summed E-state index contributed by atoms with van der Waals surface area (Å²) in [7, 11) is 0. The fourth-order valence-electron chi connectivity index (χ4n) is 1.12. The van der Waals surface area contributed by atoms with Gasteiger partial charge >= 0.3 is 11.9 Å². The molecule has 1 radical (unpaired) electrons. The molecule has 1 rings (SSSR count). The van der Waals surface area contributed by atoms with E-state index >= 15 is 0 Å². The van der Waals surface area contributed by atoms with Gasteiger partial charge in [0, 0.05) is 19.9 Å².